The summed E-state index contributed by atoms with van der Waals surface area (Å²) in [5.74, 6) is -1.89. The van der Waals surface area contributed by atoms with Crippen LogP contribution in [-0.4, -0.2) is 44.3 Å². The number of carbonyl (C=O) groups is 2. The summed E-state index contributed by atoms with van der Waals surface area (Å²) >= 11 is 6.33. The molecule has 0 saturated carbocycles. The van der Waals surface area contributed by atoms with E-state index in [1.165, 1.54) is 35.2 Å². The summed E-state index contributed by atoms with van der Waals surface area (Å²) in [4.78, 5) is 27.8. The number of sulfonamides is 1. The molecule has 0 aromatic heterocycles. The number of nitrogens with one attached hydrogen (secondary N) is 1. The first-order chi connectivity index (χ1) is 18.1. The van der Waals surface area contributed by atoms with Gasteiger partial charge in [0.2, 0.25) is 11.8 Å². The number of benzene rings is 3. The topological polar surface area (TPSA) is 86.8 Å². The van der Waals surface area contributed by atoms with Gasteiger partial charge >= 0.3 is 0 Å². The van der Waals surface area contributed by atoms with Crippen molar-refractivity contribution in [2.75, 3.05) is 17.4 Å². The highest BCUT2D eigenvalue weighted by Crippen LogP contribution is 2.27. The molecule has 10 heteroatoms. The Morgan fingerprint density at radius 1 is 1.00 bits per heavy atom. The summed E-state index contributed by atoms with van der Waals surface area (Å²) in [6.45, 7) is 4.91. The Bertz CT molecular complexity index is 1380. The largest absolute Gasteiger partial charge is 0.354 e. The molecule has 0 fully saturated rings. The van der Waals surface area contributed by atoms with Gasteiger partial charge in [0, 0.05) is 18.1 Å². The van der Waals surface area contributed by atoms with Gasteiger partial charge in [-0.25, -0.2) is 12.8 Å². The van der Waals surface area contributed by atoms with Crippen LogP contribution in [0.25, 0.3) is 0 Å². The molecule has 2 amide bonds. The van der Waals surface area contributed by atoms with E-state index < -0.39 is 40.2 Å². The van der Waals surface area contributed by atoms with Gasteiger partial charge in [0.05, 0.1) is 10.6 Å². The van der Waals surface area contributed by atoms with Gasteiger partial charge in [0.25, 0.3) is 10.0 Å². The number of rotatable bonds is 11. The van der Waals surface area contributed by atoms with Crippen LogP contribution in [0.3, 0.4) is 0 Å². The molecule has 3 aromatic carbocycles. The van der Waals surface area contributed by atoms with Crippen molar-refractivity contribution in [1.29, 1.82) is 0 Å². The minimum absolute atomic E-state index is 0.0467. The maximum absolute atomic E-state index is 14.9. The number of aryl methyl sites for hydroxylation is 1. The number of halogens is 2. The van der Waals surface area contributed by atoms with Crippen molar-refractivity contribution in [3.05, 3.63) is 94.8 Å². The molecule has 0 spiro atoms. The molecule has 0 saturated heterocycles. The molecule has 0 unspecified atom stereocenters. The number of carbonyl (C=O) groups excluding carboxylic acids is 2. The van der Waals surface area contributed by atoms with Crippen molar-refractivity contribution in [3.63, 3.8) is 0 Å². The second-order valence-electron chi connectivity index (χ2n) is 8.86. The number of nitrogens with zero attached hydrogens (tertiary/aromatic N) is 2. The fraction of sp³-hybridized carbons (Fsp3) is 0.286. The van der Waals surface area contributed by atoms with E-state index in [1.807, 2.05) is 13.8 Å². The SMILES string of the molecule is CCCNC(=O)[C@H](C)N(Cc1ccccc1Cl)C(=O)CN(c1ccccc1F)S(=O)(=O)c1ccc(C)cc1. The molecule has 3 aromatic rings. The summed E-state index contributed by atoms with van der Waals surface area (Å²) in [6.07, 6.45) is 0.701. The Labute approximate surface area is 228 Å². The van der Waals surface area contributed by atoms with E-state index in [-0.39, 0.29) is 17.1 Å². The number of amides is 2. The zero-order valence-corrected chi connectivity index (χ0v) is 23.1. The Morgan fingerprint density at radius 2 is 1.63 bits per heavy atom. The number of hydrogen-bond donors (Lipinski definition) is 1. The summed E-state index contributed by atoms with van der Waals surface area (Å²) in [5.41, 5.74) is 1.15. The first kappa shape index (κ1) is 29.1. The van der Waals surface area contributed by atoms with Crippen LogP contribution in [0.2, 0.25) is 5.02 Å². The third-order valence-corrected chi connectivity index (χ3v) is 8.17. The smallest absolute Gasteiger partial charge is 0.264 e. The summed E-state index contributed by atoms with van der Waals surface area (Å²) in [6, 6.07) is 17.3. The summed E-state index contributed by atoms with van der Waals surface area (Å²) in [7, 11) is -4.34. The van der Waals surface area contributed by atoms with Gasteiger partial charge in [-0.3, -0.25) is 13.9 Å². The van der Waals surface area contributed by atoms with Crippen LogP contribution < -0.4 is 9.62 Å². The van der Waals surface area contributed by atoms with Crippen LogP contribution in [0.1, 0.15) is 31.4 Å². The van der Waals surface area contributed by atoms with Crippen LogP contribution in [0.4, 0.5) is 10.1 Å². The summed E-state index contributed by atoms with van der Waals surface area (Å²) < 4.78 is 43.1. The molecule has 0 aliphatic carbocycles. The average molecular weight is 560 g/mol. The fourth-order valence-corrected chi connectivity index (χ4v) is 5.41. The van der Waals surface area contributed by atoms with Gasteiger partial charge in [0.15, 0.2) is 0 Å². The molecule has 1 N–H and O–H groups in total. The van der Waals surface area contributed by atoms with Crippen molar-refractivity contribution in [2.45, 2.75) is 44.7 Å². The van der Waals surface area contributed by atoms with Crippen LogP contribution >= 0.6 is 11.6 Å². The minimum Gasteiger partial charge on any atom is -0.354 e. The summed E-state index contributed by atoms with van der Waals surface area (Å²) in [5, 5.41) is 3.16. The van der Waals surface area contributed by atoms with Gasteiger partial charge in [-0.05, 0) is 56.2 Å². The second kappa shape index (κ2) is 12.9. The van der Waals surface area contributed by atoms with Crippen molar-refractivity contribution in [1.82, 2.24) is 10.2 Å². The van der Waals surface area contributed by atoms with E-state index in [4.69, 9.17) is 11.6 Å². The molecule has 1 atom stereocenters. The van der Waals surface area contributed by atoms with E-state index in [9.17, 15) is 22.4 Å². The highest BCUT2D eigenvalue weighted by Gasteiger charge is 2.33. The van der Waals surface area contributed by atoms with Gasteiger partial charge in [0.1, 0.15) is 18.4 Å². The molecule has 0 bridgehead atoms. The first-order valence-corrected chi connectivity index (χ1v) is 14.0. The molecule has 202 valence electrons. The van der Waals surface area contributed by atoms with Gasteiger partial charge in [-0.15, -0.1) is 0 Å². The predicted octanol–water partition coefficient (Wildman–Crippen LogP) is 4.93. The van der Waals surface area contributed by atoms with Crippen LogP contribution in [0.5, 0.6) is 0 Å². The van der Waals surface area contributed by atoms with E-state index >= 15 is 0 Å². The van der Waals surface area contributed by atoms with Crippen molar-refractivity contribution in [2.24, 2.45) is 0 Å². The van der Waals surface area contributed by atoms with Gasteiger partial charge in [-0.2, -0.15) is 0 Å². The predicted molar refractivity (Wildman–Crippen MR) is 147 cm³/mol. The molecule has 0 radical (unpaired) electrons. The molecule has 0 aliphatic heterocycles. The van der Waals surface area contributed by atoms with Crippen LogP contribution in [0, 0.1) is 12.7 Å². The van der Waals surface area contributed by atoms with E-state index in [0.717, 1.165) is 15.9 Å². The number of hydrogen-bond acceptors (Lipinski definition) is 4. The van der Waals surface area contributed by atoms with Gasteiger partial charge in [-0.1, -0.05) is 66.6 Å². The number of para-hydroxylation sites is 1. The first-order valence-electron chi connectivity index (χ1n) is 12.2. The Kier molecular flexibility index (Phi) is 9.88. The molecular formula is C28H31ClFN3O4S. The quantitative estimate of drug-likeness (QED) is 0.361. The molecule has 7 nitrogen and oxygen atoms in total. The maximum Gasteiger partial charge on any atom is 0.264 e. The van der Waals surface area contributed by atoms with Crippen LogP contribution in [-0.2, 0) is 26.2 Å². The zero-order valence-electron chi connectivity index (χ0n) is 21.5. The van der Waals surface area contributed by atoms with Crippen LogP contribution in [0.15, 0.2) is 77.7 Å². The highest BCUT2D eigenvalue weighted by molar-refractivity contribution is 7.92. The number of anilines is 1. The van der Waals surface area contributed by atoms with E-state index in [2.05, 4.69) is 5.32 Å². The lowest BCUT2D eigenvalue weighted by atomic mass is 10.1. The Morgan fingerprint density at radius 3 is 2.26 bits per heavy atom. The molecular weight excluding hydrogens is 529 g/mol. The van der Waals surface area contributed by atoms with E-state index in [0.29, 0.717) is 23.6 Å². The van der Waals surface area contributed by atoms with Crippen molar-refractivity contribution in [3.8, 4) is 0 Å². The second-order valence-corrected chi connectivity index (χ2v) is 11.1. The lowest BCUT2D eigenvalue weighted by molar-refractivity contribution is -0.139. The van der Waals surface area contributed by atoms with Crippen molar-refractivity contribution >= 4 is 39.1 Å². The van der Waals surface area contributed by atoms with Crippen molar-refractivity contribution < 1.29 is 22.4 Å². The highest BCUT2D eigenvalue weighted by atomic mass is 35.5. The molecule has 3 rings (SSSR count). The Balaban J connectivity index is 2.04. The van der Waals surface area contributed by atoms with Gasteiger partial charge < -0.3 is 10.2 Å². The lowest BCUT2D eigenvalue weighted by Crippen LogP contribution is -2.51. The lowest BCUT2D eigenvalue weighted by Gasteiger charge is -2.32. The normalized spacial score (nSPS) is 12.0. The molecule has 0 aliphatic rings. The minimum atomic E-state index is -4.34. The third-order valence-electron chi connectivity index (χ3n) is 6.02. The standard InChI is InChI=1S/C28H31ClFN3O4S/c1-4-17-31-28(35)21(3)32(18-22-9-5-6-10-24(22)29)27(34)19-33(26-12-8-7-11-25(26)30)38(36,37)23-15-13-20(2)14-16-23/h5-16,21H,4,17-19H2,1-3H3,(H,31,35)/t21-/m0/s1. The molecule has 38 heavy (non-hydrogen) atoms. The maximum atomic E-state index is 14.9. The molecule has 0 heterocycles. The monoisotopic (exact) mass is 559 g/mol. The fourth-order valence-electron chi connectivity index (χ4n) is 3.79. The third kappa shape index (κ3) is 6.90. The Hall–Kier alpha value is -3.43. The average Bonchev–Trinajstić information content (AvgIpc) is 2.90. The van der Waals surface area contributed by atoms with E-state index in [1.54, 1.807) is 43.3 Å². The zero-order chi connectivity index (χ0) is 27.9.